The summed E-state index contributed by atoms with van der Waals surface area (Å²) in [6.07, 6.45) is 0.647. The van der Waals surface area contributed by atoms with Crippen LogP contribution in [0, 0.1) is 5.41 Å². The Labute approximate surface area is 111 Å². The zero-order valence-corrected chi connectivity index (χ0v) is 11.1. The molecule has 2 rings (SSSR count). The molecule has 1 aromatic rings. The number of halogens is 1. The average molecular weight is 267 g/mol. The molecule has 96 valence electrons. The van der Waals surface area contributed by atoms with E-state index in [0.717, 1.165) is 4.90 Å². The van der Waals surface area contributed by atoms with Gasteiger partial charge in [0.05, 0.1) is 10.7 Å². The maximum atomic E-state index is 12.1. The van der Waals surface area contributed by atoms with Crippen LogP contribution in [-0.4, -0.2) is 11.8 Å². The minimum absolute atomic E-state index is 0.233. The molecule has 2 N–H and O–H groups in total. The molecule has 4 nitrogen and oxygen atoms in total. The van der Waals surface area contributed by atoms with Gasteiger partial charge in [0, 0.05) is 18.5 Å². The third-order valence-electron chi connectivity index (χ3n) is 2.97. The van der Waals surface area contributed by atoms with Crippen molar-refractivity contribution < 1.29 is 9.59 Å². The number of hydrogen-bond acceptors (Lipinski definition) is 3. The summed E-state index contributed by atoms with van der Waals surface area (Å²) in [5, 5.41) is 0.352. The van der Waals surface area contributed by atoms with Gasteiger partial charge in [-0.1, -0.05) is 25.4 Å². The van der Waals surface area contributed by atoms with Crippen molar-refractivity contribution in [3.8, 4) is 0 Å². The molecule has 0 aliphatic carbocycles. The van der Waals surface area contributed by atoms with E-state index in [2.05, 4.69) is 0 Å². The van der Waals surface area contributed by atoms with Crippen LogP contribution in [0.1, 0.15) is 26.7 Å². The summed E-state index contributed by atoms with van der Waals surface area (Å²) in [5.41, 5.74) is 6.23. The van der Waals surface area contributed by atoms with Crippen LogP contribution in [0.15, 0.2) is 18.2 Å². The lowest BCUT2D eigenvalue weighted by Crippen LogP contribution is -2.46. The molecule has 0 aromatic heterocycles. The number of hydrogen-bond donors (Lipinski definition) is 1. The van der Waals surface area contributed by atoms with Crippen molar-refractivity contribution in [2.24, 2.45) is 5.41 Å². The minimum atomic E-state index is -0.294. The van der Waals surface area contributed by atoms with Gasteiger partial charge in [-0.15, -0.1) is 0 Å². The second-order valence-electron chi connectivity index (χ2n) is 5.35. The Morgan fingerprint density at radius 3 is 2.33 bits per heavy atom. The highest BCUT2D eigenvalue weighted by atomic mass is 35.5. The summed E-state index contributed by atoms with van der Waals surface area (Å²) in [5.74, 6) is -0.465. The van der Waals surface area contributed by atoms with Crippen LogP contribution in [-0.2, 0) is 9.59 Å². The van der Waals surface area contributed by atoms with Gasteiger partial charge in [-0.05, 0) is 23.6 Å². The normalized spacial score (nSPS) is 19.2. The largest absolute Gasteiger partial charge is 0.399 e. The molecule has 0 bridgehead atoms. The summed E-state index contributed by atoms with van der Waals surface area (Å²) >= 11 is 6.03. The fourth-order valence-electron chi connectivity index (χ4n) is 2.15. The molecule has 1 saturated heterocycles. The zero-order valence-electron chi connectivity index (χ0n) is 10.4. The molecule has 1 fully saturated rings. The molecule has 1 aromatic carbocycles. The highest BCUT2D eigenvalue weighted by molar-refractivity contribution is 6.35. The van der Waals surface area contributed by atoms with Crippen LogP contribution < -0.4 is 10.6 Å². The first-order valence-corrected chi connectivity index (χ1v) is 6.09. The molecule has 1 heterocycles. The summed E-state index contributed by atoms with van der Waals surface area (Å²) in [7, 11) is 0. The van der Waals surface area contributed by atoms with Crippen LogP contribution >= 0.6 is 11.6 Å². The predicted octanol–water partition coefficient (Wildman–Crippen LogP) is 2.60. The Morgan fingerprint density at radius 2 is 1.78 bits per heavy atom. The number of piperidine rings is 1. The van der Waals surface area contributed by atoms with Crippen LogP contribution in [0.3, 0.4) is 0 Å². The van der Waals surface area contributed by atoms with Crippen LogP contribution in [0.4, 0.5) is 11.4 Å². The SMILES string of the molecule is CC1(C)CC(=O)N(c2cc(N)ccc2Cl)C(=O)C1. The van der Waals surface area contributed by atoms with E-state index in [4.69, 9.17) is 17.3 Å². The molecule has 18 heavy (non-hydrogen) atoms. The van der Waals surface area contributed by atoms with Gasteiger partial charge >= 0.3 is 0 Å². The lowest BCUT2D eigenvalue weighted by Gasteiger charge is -2.35. The van der Waals surface area contributed by atoms with Gasteiger partial charge < -0.3 is 5.73 Å². The average Bonchev–Trinajstić information content (AvgIpc) is 2.20. The fourth-order valence-corrected chi connectivity index (χ4v) is 2.35. The van der Waals surface area contributed by atoms with Gasteiger partial charge in [-0.25, -0.2) is 4.90 Å². The third-order valence-corrected chi connectivity index (χ3v) is 3.29. The van der Waals surface area contributed by atoms with Gasteiger partial charge in [0.1, 0.15) is 0 Å². The van der Waals surface area contributed by atoms with Gasteiger partial charge in [-0.2, -0.15) is 0 Å². The lowest BCUT2D eigenvalue weighted by atomic mass is 9.81. The molecule has 0 atom stereocenters. The predicted molar refractivity (Wildman–Crippen MR) is 71.4 cm³/mol. The number of rotatable bonds is 1. The Bertz CT molecular complexity index is 506. The smallest absolute Gasteiger partial charge is 0.234 e. The monoisotopic (exact) mass is 266 g/mol. The number of nitrogens with zero attached hydrogens (tertiary/aromatic N) is 1. The van der Waals surface area contributed by atoms with Crippen molar-refractivity contribution in [2.45, 2.75) is 26.7 Å². The topological polar surface area (TPSA) is 63.4 Å². The van der Waals surface area contributed by atoms with E-state index in [1.54, 1.807) is 18.2 Å². The second-order valence-corrected chi connectivity index (χ2v) is 5.76. The molecule has 2 amide bonds. The molecule has 1 aliphatic heterocycles. The standard InChI is InChI=1S/C13H15ClN2O2/c1-13(2)6-11(17)16(12(18)7-13)10-5-8(15)3-4-9(10)14/h3-5H,6-7,15H2,1-2H3. The highest BCUT2D eigenvalue weighted by Gasteiger charge is 2.38. The molecule has 0 radical (unpaired) electrons. The van der Waals surface area contributed by atoms with E-state index in [1.165, 1.54) is 0 Å². The van der Waals surface area contributed by atoms with Gasteiger partial charge in [0.25, 0.3) is 0 Å². The van der Waals surface area contributed by atoms with Crippen molar-refractivity contribution >= 4 is 34.8 Å². The van der Waals surface area contributed by atoms with Crippen molar-refractivity contribution in [3.05, 3.63) is 23.2 Å². The fraction of sp³-hybridized carbons (Fsp3) is 0.385. The van der Waals surface area contributed by atoms with E-state index in [9.17, 15) is 9.59 Å². The number of imide groups is 1. The first-order chi connectivity index (χ1) is 8.30. The maximum Gasteiger partial charge on any atom is 0.234 e. The van der Waals surface area contributed by atoms with E-state index < -0.39 is 0 Å². The number of nitrogens with two attached hydrogens (primary N) is 1. The van der Waals surface area contributed by atoms with E-state index in [1.807, 2.05) is 13.8 Å². The van der Waals surface area contributed by atoms with Crippen LogP contribution in [0.25, 0.3) is 0 Å². The zero-order chi connectivity index (χ0) is 13.5. The third kappa shape index (κ3) is 2.34. The van der Waals surface area contributed by atoms with Crippen molar-refractivity contribution in [1.29, 1.82) is 0 Å². The Balaban J connectivity index is 2.42. The molecular formula is C13H15ClN2O2. The quantitative estimate of drug-likeness (QED) is 0.628. The van der Waals surface area contributed by atoms with Crippen LogP contribution in [0.2, 0.25) is 5.02 Å². The van der Waals surface area contributed by atoms with Gasteiger partial charge in [0.15, 0.2) is 0 Å². The number of nitrogen functional groups attached to an aromatic ring is 1. The molecule has 0 unspecified atom stereocenters. The number of amides is 2. The molecule has 0 spiro atoms. The van der Waals surface area contributed by atoms with Crippen molar-refractivity contribution in [3.63, 3.8) is 0 Å². The Hall–Kier alpha value is -1.55. The van der Waals surface area contributed by atoms with Gasteiger partial charge in [0.2, 0.25) is 11.8 Å². The maximum absolute atomic E-state index is 12.1. The molecule has 5 heteroatoms. The second kappa shape index (κ2) is 4.28. The van der Waals surface area contributed by atoms with E-state index in [-0.39, 0.29) is 17.2 Å². The van der Waals surface area contributed by atoms with Crippen LogP contribution in [0.5, 0.6) is 0 Å². The Kier molecular flexibility index (Phi) is 3.07. The van der Waals surface area contributed by atoms with Crippen molar-refractivity contribution in [1.82, 2.24) is 0 Å². The number of anilines is 2. The summed E-state index contributed by atoms with van der Waals surface area (Å²) in [6.45, 7) is 3.81. The highest BCUT2D eigenvalue weighted by Crippen LogP contribution is 2.37. The summed E-state index contributed by atoms with van der Waals surface area (Å²) in [6, 6.07) is 4.78. The number of carbonyl (C=O) groups excluding carboxylic acids is 2. The first kappa shape index (κ1) is 12.9. The summed E-state index contributed by atoms with van der Waals surface area (Å²) in [4.78, 5) is 25.3. The Morgan fingerprint density at radius 1 is 1.22 bits per heavy atom. The first-order valence-electron chi connectivity index (χ1n) is 5.71. The van der Waals surface area contributed by atoms with Crippen molar-refractivity contribution in [2.75, 3.05) is 10.6 Å². The van der Waals surface area contributed by atoms with Gasteiger partial charge in [-0.3, -0.25) is 9.59 Å². The minimum Gasteiger partial charge on any atom is -0.399 e. The molecular weight excluding hydrogens is 252 g/mol. The lowest BCUT2D eigenvalue weighted by molar-refractivity contribution is -0.132. The van der Waals surface area contributed by atoms with E-state index in [0.29, 0.717) is 29.2 Å². The van der Waals surface area contributed by atoms with E-state index >= 15 is 0 Å². The summed E-state index contributed by atoms with van der Waals surface area (Å²) < 4.78 is 0. The number of benzene rings is 1. The number of carbonyl (C=O) groups is 2. The molecule has 0 saturated carbocycles. The molecule has 1 aliphatic rings.